The van der Waals surface area contributed by atoms with Gasteiger partial charge in [-0.3, -0.25) is 4.90 Å². The van der Waals surface area contributed by atoms with Gasteiger partial charge in [-0.1, -0.05) is 47.7 Å². The third kappa shape index (κ3) is 4.57. The van der Waals surface area contributed by atoms with Crippen LogP contribution in [-0.4, -0.2) is 56.3 Å². The molecule has 5 aromatic rings. The van der Waals surface area contributed by atoms with Crippen LogP contribution in [0.5, 0.6) is 0 Å². The molecule has 10 heteroatoms. The number of piperazine rings is 1. The first-order valence-corrected chi connectivity index (χ1v) is 12.6. The molecule has 2 aromatic heterocycles. The highest BCUT2D eigenvalue weighted by Gasteiger charge is 2.31. The Kier molecular flexibility index (Phi) is 6.12. The maximum Gasteiger partial charge on any atom is 0.186 e. The second-order valence-electron chi connectivity index (χ2n) is 8.76. The number of aromatic nitrogens is 5. The minimum absolute atomic E-state index is 0.251. The first kappa shape index (κ1) is 22.7. The van der Waals surface area contributed by atoms with Gasteiger partial charge in [-0.25, -0.2) is 18.4 Å². The van der Waals surface area contributed by atoms with Crippen LogP contribution in [0.15, 0.2) is 72.8 Å². The Bertz CT molecular complexity index is 1420. The molecule has 0 spiro atoms. The van der Waals surface area contributed by atoms with E-state index in [1.165, 1.54) is 29.0 Å². The largest absolute Gasteiger partial charge is 0.345 e. The van der Waals surface area contributed by atoms with Crippen molar-refractivity contribution in [3.05, 3.63) is 101 Å². The number of nitrogens with zero attached hydrogens (tertiary/aromatic N) is 7. The normalized spacial score (nSPS) is 15.4. The van der Waals surface area contributed by atoms with Crippen LogP contribution in [-0.2, 0) is 6.54 Å². The Hall–Kier alpha value is -3.76. The number of anilines is 1. The maximum absolute atomic E-state index is 13.8. The molecule has 1 aliphatic rings. The van der Waals surface area contributed by atoms with Crippen LogP contribution < -0.4 is 4.90 Å². The predicted octanol–water partition coefficient (Wildman–Crippen LogP) is 4.52. The maximum atomic E-state index is 13.8. The minimum atomic E-state index is -0.288. The van der Waals surface area contributed by atoms with Gasteiger partial charge in [-0.05, 0) is 58.0 Å². The van der Waals surface area contributed by atoms with Crippen molar-refractivity contribution < 1.29 is 8.78 Å². The molecule has 3 aromatic carbocycles. The SMILES string of the molecule is Fc1ccc(Cn2nnnc2[C@H](c2ccc(F)cc2)N2CCN(c3nc4ccccc4s3)CC2)cc1. The van der Waals surface area contributed by atoms with E-state index < -0.39 is 0 Å². The van der Waals surface area contributed by atoms with Crippen LogP contribution >= 0.6 is 11.3 Å². The number of hydrogen-bond acceptors (Lipinski definition) is 7. The highest BCUT2D eigenvalue weighted by Crippen LogP contribution is 2.32. The topological polar surface area (TPSA) is 63.0 Å². The van der Waals surface area contributed by atoms with Gasteiger partial charge in [0.15, 0.2) is 11.0 Å². The van der Waals surface area contributed by atoms with Gasteiger partial charge in [0.2, 0.25) is 0 Å². The van der Waals surface area contributed by atoms with Gasteiger partial charge in [-0.2, -0.15) is 0 Å². The molecule has 6 rings (SSSR count). The monoisotopic (exact) mass is 503 g/mol. The second-order valence-corrected chi connectivity index (χ2v) is 9.77. The van der Waals surface area contributed by atoms with E-state index in [2.05, 4.69) is 31.4 Å². The summed E-state index contributed by atoms with van der Waals surface area (Å²) in [4.78, 5) is 9.45. The number of para-hydroxylation sites is 1. The Labute approximate surface area is 210 Å². The van der Waals surface area contributed by atoms with Crippen LogP contribution in [0.4, 0.5) is 13.9 Å². The van der Waals surface area contributed by atoms with Crippen molar-refractivity contribution >= 4 is 26.7 Å². The zero-order valence-electron chi connectivity index (χ0n) is 19.3. The molecule has 36 heavy (non-hydrogen) atoms. The first-order chi connectivity index (χ1) is 17.6. The fourth-order valence-electron chi connectivity index (χ4n) is 4.62. The number of fused-ring (bicyclic) bond motifs is 1. The lowest BCUT2D eigenvalue weighted by Gasteiger charge is -2.38. The summed E-state index contributed by atoms with van der Waals surface area (Å²) in [6.07, 6.45) is 0. The van der Waals surface area contributed by atoms with E-state index in [0.29, 0.717) is 12.4 Å². The second kappa shape index (κ2) is 9.71. The number of benzene rings is 3. The molecule has 0 amide bonds. The smallest absolute Gasteiger partial charge is 0.186 e. The average molecular weight is 504 g/mol. The van der Waals surface area contributed by atoms with Crippen LogP contribution in [0.25, 0.3) is 10.2 Å². The zero-order chi connectivity index (χ0) is 24.5. The van der Waals surface area contributed by atoms with Gasteiger partial charge in [0.1, 0.15) is 11.6 Å². The van der Waals surface area contributed by atoms with E-state index in [4.69, 9.17) is 4.98 Å². The molecule has 7 nitrogen and oxygen atoms in total. The molecule has 0 aliphatic carbocycles. The molecule has 1 fully saturated rings. The van der Waals surface area contributed by atoms with Gasteiger partial charge in [0, 0.05) is 26.2 Å². The summed E-state index contributed by atoms with van der Waals surface area (Å²) in [7, 11) is 0. The fourth-order valence-corrected chi connectivity index (χ4v) is 5.63. The van der Waals surface area contributed by atoms with Crippen molar-refractivity contribution in [2.24, 2.45) is 0 Å². The highest BCUT2D eigenvalue weighted by molar-refractivity contribution is 7.22. The molecule has 182 valence electrons. The summed E-state index contributed by atoms with van der Waals surface area (Å²) in [5.41, 5.74) is 2.83. The third-order valence-corrected chi connectivity index (χ3v) is 7.57. The fraction of sp³-hybridized carbons (Fsp3) is 0.231. The van der Waals surface area contributed by atoms with Crippen molar-refractivity contribution in [3.63, 3.8) is 0 Å². The van der Waals surface area contributed by atoms with Crippen LogP contribution in [0.1, 0.15) is 23.0 Å². The molecule has 1 saturated heterocycles. The van der Waals surface area contributed by atoms with E-state index in [1.54, 1.807) is 40.3 Å². The summed E-state index contributed by atoms with van der Waals surface area (Å²) in [5, 5.41) is 13.6. The van der Waals surface area contributed by atoms with Crippen molar-refractivity contribution in [2.75, 3.05) is 31.1 Å². The molecule has 1 atom stereocenters. The third-order valence-electron chi connectivity index (χ3n) is 6.47. The molecular formula is C26H23F2N7S. The minimum Gasteiger partial charge on any atom is -0.345 e. The van der Waals surface area contributed by atoms with Crippen LogP contribution in [0.3, 0.4) is 0 Å². The summed E-state index contributed by atoms with van der Waals surface area (Å²) in [6.45, 7) is 3.54. The summed E-state index contributed by atoms with van der Waals surface area (Å²) in [6, 6.07) is 20.7. The van der Waals surface area contributed by atoms with E-state index in [0.717, 1.165) is 48.0 Å². The molecule has 0 bridgehead atoms. The molecule has 0 unspecified atom stereocenters. The summed E-state index contributed by atoms with van der Waals surface area (Å²) in [5.74, 6) is 0.0919. The first-order valence-electron chi connectivity index (χ1n) is 11.7. The van der Waals surface area contributed by atoms with Crippen LogP contribution in [0, 0.1) is 11.6 Å². The van der Waals surface area contributed by atoms with Crippen molar-refractivity contribution in [1.82, 2.24) is 30.1 Å². The Balaban J connectivity index is 1.27. The van der Waals surface area contributed by atoms with Crippen molar-refractivity contribution in [3.8, 4) is 0 Å². The number of hydrogen-bond donors (Lipinski definition) is 0. The van der Waals surface area contributed by atoms with Gasteiger partial charge in [0.25, 0.3) is 0 Å². The molecule has 0 saturated carbocycles. The average Bonchev–Trinajstić information content (AvgIpc) is 3.54. The van der Waals surface area contributed by atoms with E-state index in [1.807, 2.05) is 18.2 Å². The predicted molar refractivity (Wildman–Crippen MR) is 135 cm³/mol. The van der Waals surface area contributed by atoms with E-state index >= 15 is 0 Å². The highest BCUT2D eigenvalue weighted by atomic mass is 32.1. The molecule has 0 N–H and O–H groups in total. The standard InChI is InChI=1S/C26H23F2N7S/c27-20-9-5-18(6-10-20)17-35-25(30-31-32-35)24(19-7-11-21(28)12-8-19)33-13-15-34(16-14-33)26-29-22-3-1-2-4-23(22)36-26/h1-12,24H,13-17H2/t24-/m0/s1. The van der Waals surface area contributed by atoms with Gasteiger partial charge in [-0.15, -0.1) is 5.10 Å². The molecule has 0 radical (unpaired) electrons. The van der Waals surface area contributed by atoms with Crippen molar-refractivity contribution in [2.45, 2.75) is 12.6 Å². The van der Waals surface area contributed by atoms with Crippen molar-refractivity contribution in [1.29, 1.82) is 0 Å². The lowest BCUT2D eigenvalue weighted by Crippen LogP contribution is -2.48. The lowest BCUT2D eigenvalue weighted by molar-refractivity contribution is 0.201. The lowest BCUT2D eigenvalue weighted by atomic mass is 10.0. The van der Waals surface area contributed by atoms with Gasteiger partial charge < -0.3 is 4.90 Å². The Morgan fingerprint density at radius 2 is 1.53 bits per heavy atom. The Morgan fingerprint density at radius 3 is 2.25 bits per heavy atom. The number of tetrazole rings is 1. The number of thiazole rings is 1. The molecular weight excluding hydrogens is 480 g/mol. The summed E-state index contributed by atoms with van der Waals surface area (Å²) >= 11 is 1.71. The van der Waals surface area contributed by atoms with E-state index in [-0.39, 0.29) is 17.7 Å². The summed E-state index contributed by atoms with van der Waals surface area (Å²) < 4.78 is 30.1. The quantitative estimate of drug-likeness (QED) is 0.340. The molecule has 3 heterocycles. The zero-order valence-corrected chi connectivity index (χ0v) is 20.2. The number of rotatable bonds is 6. The Morgan fingerprint density at radius 1 is 0.833 bits per heavy atom. The molecule has 1 aliphatic heterocycles. The van der Waals surface area contributed by atoms with Gasteiger partial charge in [0.05, 0.1) is 22.8 Å². The van der Waals surface area contributed by atoms with Gasteiger partial charge >= 0.3 is 0 Å². The van der Waals surface area contributed by atoms with Crippen LogP contribution in [0.2, 0.25) is 0 Å². The number of halogens is 2. The van der Waals surface area contributed by atoms with E-state index in [9.17, 15) is 8.78 Å².